The molecule has 2 aromatic carbocycles. The Morgan fingerprint density at radius 1 is 1.06 bits per heavy atom. The third kappa shape index (κ3) is 4.40. The normalized spacial score (nSPS) is 11.1. The average Bonchev–Trinajstić information content (AvgIpc) is 3.24. The summed E-state index contributed by atoms with van der Waals surface area (Å²) < 4.78 is 2.97. The Bertz CT molecular complexity index is 1420. The van der Waals surface area contributed by atoms with Crippen LogP contribution in [0.25, 0.3) is 15.9 Å². The maximum Gasteiger partial charge on any atom is 0.336 e. The van der Waals surface area contributed by atoms with Crippen LogP contribution in [-0.2, 0) is 17.8 Å². The molecule has 0 aliphatic rings. The number of hydrogen-bond acceptors (Lipinski definition) is 4. The van der Waals surface area contributed by atoms with E-state index in [1.165, 1.54) is 15.9 Å². The van der Waals surface area contributed by atoms with Crippen LogP contribution in [0.5, 0.6) is 0 Å². The fraction of sp³-hybridized carbons (Fsp3) is 0.208. The minimum absolute atomic E-state index is 0.169. The number of hydrogen-bond donors (Lipinski definition) is 1. The second-order valence-electron chi connectivity index (χ2n) is 7.66. The number of amides is 1. The molecule has 164 valence electrons. The van der Waals surface area contributed by atoms with Crippen molar-refractivity contribution < 1.29 is 4.79 Å². The van der Waals surface area contributed by atoms with Crippen LogP contribution < -0.4 is 16.6 Å². The summed E-state index contributed by atoms with van der Waals surface area (Å²) >= 11 is 7.16. The topological polar surface area (TPSA) is 73.1 Å². The molecule has 0 saturated carbocycles. The second kappa shape index (κ2) is 9.14. The lowest BCUT2D eigenvalue weighted by molar-refractivity contribution is -0.121. The minimum Gasteiger partial charge on any atom is -0.354 e. The van der Waals surface area contributed by atoms with Crippen molar-refractivity contribution in [2.45, 2.75) is 26.8 Å². The summed E-state index contributed by atoms with van der Waals surface area (Å²) in [6.45, 7) is 4.08. The Labute approximate surface area is 193 Å². The molecular formula is C24H22ClN3O3S. The van der Waals surface area contributed by atoms with Gasteiger partial charge in [0.05, 0.1) is 11.2 Å². The molecule has 4 rings (SSSR count). The Balaban J connectivity index is 1.63. The van der Waals surface area contributed by atoms with Crippen molar-refractivity contribution in [3.63, 3.8) is 0 Å². The number of nitrogens with zero attached hydrogens (tertiary/aromatic N) is 2. The summed E-state index contributed by atoms with van der Waals surface area (Å²) in [4.78, 5) is 39.1. The third-order valence-electron chi connectivity index (χ3n) is 5.30. The van der Waals surface area contributed by atoms with Crippen LogP contribution in [0, 0.1) is 13.8 Å². The molecule has 1 amide bonds. The maximum absolute atomic E-state index is 13.3. The highest BCUT2D eigenvalue weighted by molar-refractivity contribution is 7.17. The van der Waals surface area contributed by atoms with E-state index in [1.807, 2.05) is 50.2 Å². The summed E-state index contributed by atoms with van der Waals surface area (Å²) in [5.41, 5.74) is 3.01. The van der Waals surface area contributed by atoms with Gasteiger partial charge >= 0.3 is 5.69 Å². The summed E-state index contributed by atoms with van der Waals surface area (Å²) in [5, 5.41) is 5.28. The molecule has 2 aromatic heterocycles. The molecular weight excluding hydrogens is 446 g/mol. The molecule has 0 aliphatic carbocycles. The predicted octanol–water partition coefficient (Wildman–Crippen LogP) is 3.84. The minimum atomic E-state index is -0.527. The number of aryl methyl sites for hydroxylation is 2. The average molecular weight is 468 g/mol. The van der Waals surface area contributed by atoms with E-state index in [2.05, 4.69) is 5.32 Å². The summed E-state index contributed by atoms with van der Waals surface area (Å²) in [6.07, 6.45) is 0.647. The molecule has 32 heavy (non-hydrogen) atoms. The van der Waals surface area contributed by atoms with E-state index in [0.29, 0.717) is 33.9 Å². The fourth-order valence-corrected chi connectivity index (χ4v) is 4.66. The number of carbonyl (C=O) groups is 1. The maximum atomic E-state index is 13.3. The van der Waals surface area contributed by atoms with Gasteiger partial charge in [-0.1, -0.05) is 41.4 Å². The zero-order valence-corrected chi connectivity index (χ0v) is 19.3. The van der Waals surface area contributed by atoms with Crippen molar-refractivity contribution in [3.8, 4) is 5.69 Å². The van der Waals surface area contributed by atoms with Crippen LogP contribution in [0.1, 0.15) is 16.7 Å². The molecule has 2 heterocycles. The summed E-state index contributed by atoms with van der Waals surface area (Å²) in [6, 6.07) is 14.7. The van der Waals surface area contributed by atoms with Crippen molar-refractivity contribution >= 4 is 39.1 Å². The van der Waals surface area contributed by atoms with Gasteiger partial charge in [-0.05, 0) is 61.0 Å². The van der Waals surface area contributed by atoms with Gasteiger partial charge in [-0.3, -0.25) is 14.2 Å². The van der Waals surface area contributed by atoms with E-state index in [4.69, 9.17) is 11.6 Å². The zero-order valence-electron chi connectivity index (χ0n) is 17.7. The Kier molecular flexibility index (Phi) is 6.30. The quantitative estimate of drug-likeness (QED) is 0.468. The van der Waals surface area contributed by atoms with Gasteiger partial charge in [0.1, 0.15) is 11.2 Å². The highest BCUT2D eigenvalue weighted by atomic mass is 35.5. The standard InChI is InChI=1S/C24H22ClN3O3S/c1-15-3-8-19(16(2)13-15)28-23(30)22-20(10-12-32-22)27(24(28)31)14-21(29)26-11-9-17-4-6-18(25)7-5-17/h3-8,10,12-13H,9,11,14H2,1-2H3,(H,26,29). The molecule has 8 heteroatoms. The monoisotopic (exact) mass is 467 g/mol. The molecule has 0 fully saturated rings. The highest BCUT2D eigenvalue weighted by Crippen LogP contribution is 2.18. The molecule has 6 nitrogen and oxygen atoms in total. The van der Waals surface area contributed by atoms with E-state index in [0.717, 1.165) is 21.3 Å². The molecule has 4 aromatic rings. The Morgan fingerprint density at radius 2 is 1.81 bits per heavy atom. The first-order chi connectivity index (χ1) is 15.3. The number of carbonyl (C=O) groups excluding carboxylic acids is 1. The highest BCUT2D eigenvalue weighted by Gasteiger charge is 2.18. The first-order valence-electron chi connectivity index (χ1n) is 10.2. The van der Waals surface area contributed by atoms with E-state index in [9.17, 15) is 14.4 Å². The van der Waals surface area contributed by atoms with Crippen molar-refractivity contribution in [1.29, 1.82) is 0 Å². The SMILES string of the molecule is Cc1ccc(-n2c(=O)c3sccc3n(CC(=O)NCCc3ccc(Cl)cc3)c2=O)c(C)c1. The van der Waals surface area contributed by atoms with Gasteiger partial charge in [0.2, 0.25) is 5.91 Å². The lowest BCUT2D eigenvalue weighted by atomic mass is 10.1. The summed E-state index contributed by atoms with van der Waals surface area (Å²) in [7, 11) is 0. The number of thiophene rings is 1. The lowest BCUT2D eigenvalue weighted by Crippen LogP contribution is -2.41. The molecule has 0 saturated heterocycles. The van der Waals surface area contributed by atoms with Gasteiger partial charge in [-0.25, -0.2) is 9.36 Å². The number of aromatic nitrogens is 2. The molecule has 0 unspecified atom stereocenters. The van der Waals surface area contributed by atoms with Crippen LogP contribution in [0.3, 0.4) is 0 Å². The first kappa shape index (κ1) is 22.0. The summed E-state index contributed by atoms with van der Waals surface area (Å²) in [5.74, 6) is -0.292. The second-order valence-corrected chi connectivity index (χ2v) is 9.01. The Morgan fingerprint density at radius 3 is 2.53 bits per heavy atom. The van der Waals surface area contributed by atoms with Gasteiger partial charge in [0.25, 0.3) is 5.56 Å². The lowest BCUT2D eigenvalue weighted by Gasteiger charge is -2.14. The largest absolute Gasteiger partial charge is 0.354 e. The fourth-order valence-electron chi connectivity index (χ4n) is 3.71. The van der Waals surface area contributed by atoms with Crippen LogP contribution >= 0.6 is 22.9 Å². The van der Waals surface area contributed by atoms with Crippen molar-refractivity contribution in [1.82, 2.24) is 14.5 Å². The van der Waals surface area contributed by atoms with E-state index in [-0.39, 0.29) is 18.0 Å². The third-order valence-corrected chi connectivity index (χ3v) is 6.44. The van der Waals surface area contributed by atoms with Crippen molar-refractivity contribution in [2.24, 2.45) is 0 Å². The number of fused-ring (bicyclic) bond motifs is 1. The van der Waals surface area contributed by atoms with Gasteiger partial charge in [0, 0.05) is 11.6 Å². The molecule has 0 spiro atoms. The number of rotatable bonds is 6. The van der Waals surface area contributed by atoms with E-state index >= 15 is 0 Å². The molecule has 1 N–H and O–H groups in total. The number of benzene rings is 2. The van der Waals surface area contributed by atoms with Gasteiger partial charge in [-0.2, -0.15) is 0 Å². The van der Waals surface area contributed by atoms with Crippen molar-refractivity contribution in [3.05, 3.63) is 96.5 Å². The number of halogens is 1. The molecule has 0 bridgehead atoms. The van der Waals surface area contributed by atoms with Crippen LogP contribution in [-0.4, -0.2) is 21.6 Å². The van der Waals surface area contributed by atoms with Gasteiger partial charge in [-0.15, -0.1) is 11.3 Å². The van der Waals surface area contributed by atoms with Gasteiger partial charge < -0.3 is 5.32 Å². The molecule has 0 aliphatic heterocycles. The van der Waals surface area contributed by atoms with Crippen LogP contribution in [0.4, 0.5) is 0 Å². The number of nitrogens with one attached hydrogen (secondary N) is 1. The van der Waals surface area contributed by atoms with Gasteiger partial charge in [0.15, 0.2) is 0 Å². The predicted molar refractivity (Wildman–Crippen MR) is 129 cm³/mol. The molecule has 0 radical (unpaired) electrons. The van der Waals surface area contributed by atoms with Crippen molar-refractivity contribution in [2.75, 3.05) is 6.54 Å². The van der Waals surface area contributed by atoms with E-state index in [1.54, 1.807) is 17.5 Å². The van der Waals surface area contributed by atoms with Crippen LogP contribution in [0.2, 0.25) is 5.02 Å². The smallest absolute Gasteiger partial charge is 0.336 e. The zero-order chi connectivity index (χ0) is 22.8. The first-order valence-corrected chi connectivity index (χ1v) is 11.4. The van der Waals surface area contributed by atoms with E-state index < -0.39 is 5.69 Å². The van der Waals surface area contributed by atoms with Crippen LogP contribution in [0.15, 0.2) is 63.5 Å². The Hall–Kier alpha value is -3.16. The molecule has 0 atom stereocenters.